The highest BCUT2D eigenvalue weighted by atomic mass is 16.6. The van der Waals surface area contributed by atoms with E-state index in [1.54, 1.807) is 20.8 Å². The standard InChI is InChI=1S/C14H24N2O7/c1-8(15-13(21)23-14(2,3)4)11(19)16-9(12(20)22-5)6-7-10(17)18/h8-9H,6-7H2,1-5H3,(H,15,21)(H,16,19)(H,17,18)/t8-,9+/m0/s1. The fraction of sp³-hybridized carbons (Fsp3) is 0.714. The first-order chi connectivity index (χ1) is 10.5. The molecule has 0 aromatic rings. The molecule has 132 valence electrons. The molecule has 2 atom stereocenters. The number of amides is 2. The van der Waals surface area contributed by atoms with E-state index in [1.165, 1.54) is 6.92 Å². The highest BCUT2D eigenvalue weighted by Gasteiger charge is 2.26. The highest BCUT2D eigenvalue weighted by Crippen LogP contribution is 2.07. The maximum absolute atomic E-state index is 12.0. The normalized spacial score (nSPS) is 13.4. The molecule has 0 radical (unpaired) electrons. The summed E-state index contributed by atoms with van der Waals surface area (Å²) in [6.45, 7) is 6.44. The molecule has 9 heteroatoms. The van der Waals surface area contributed by atoms with Crippen LogP contribution in [0, 0.1) is 0 Å². The van der Waals surface area contributed by atoms with Crippen LogP contribution >= 0.6 is 0 Å². The minimum atomic E-state index is -1.11. The van der Waals surface area contributed by atoms with Crippen LogP contribution in [0.3, 0.4) is 0 Å². The van der Waals surface area contributed by atoms with Crippen molar-refractivity contribution in [3.05, 3.63) is 0 Å². The van der Waals surface area contributed by atoms with E-state index in [-0.39, 0.29) is 12.8 Å². The van der Waals surface area contributed by atoms with E-state index in [4.69, 9.17) is 9.84 Å². The molecule has 0 aromatic carbocycles. The molecule has 0 aliphatic rings. The largest absolute Gasteiger partial charge is 0.481 e. The van der Waals surface area contributed by atoms with E-state index in [0.29, 0.717) is 0 Å². The number of hydrogen-bond donors (Lipinski definition) is 3. The molecule has 0 bridgehead atoms. The van der Waals surface area contributed by atoms with Gasteiger partial charge >= 0.3 is 18.0 Å². The molecule has 0 aliphatic carbocycles. The van der Waals surface area contributed by atoms with Crippen LogP contribution in [-0.4, -0.2) is 53.8 Å². The predicted octanol–water partition coefficient (Wildman–Crippen LogP) is 0.422. The lowest BCUT2D eigenvalue weighted by Crippen LogP contribution is -2.51. The first kappa shape index (κ1) is 20.7. The quantitative estimate of drug-likeness (QED) is 0.576. The number of ether oxygens (including phenoxy) is 2. The number of carbonyl (C=O) groups is 4. The van der Waals surface area contributed by atoms with Crippen molar-refractivity contribution in [2.75, 3.05) is 7.11 Å². The summed E-state index contributed by atoms with van der Waals surface area (Å²) in [6.07, 6.45) is -1.21. The Labute approximate surface area is 134 Å². The zero-order chi connectivity index (χ0) is 18.2. The van der Waals surface area contributed by atoms with Crippen LogP contribution in [0.5, 0.6) is 0 Å². The van der Waals surface area contributed by atoms with Crippen molar-refractivity contribution in [3.8, 4) is 0 Å². The minimum absolute atomic E-state index is 0.118. The van der Waals surface area contributed by atoms with Gasteiger partial charge in [-0.1, -0.05) is 0 Å². The van der Waals surface area contributed by atoms with Gasteiger partial charge in [-0.25, -0.2) is 9.59 Å². The van der Waals surface area contributed by atoms with E-state index in [9.17, 15) is 19.2 Å². The topological polar surface area (TPSA) is 131 Å². The Hall–Kier alpha value is -2.32. The molecule has 0 fully saturated rings. The SMILES string of the molecule is COC(=O)[C@@H](CCC(=O)O)NC(=O)[C@H](C)NC(=O)OC(C)(C)C. The summed E-state index contributed by atoms with van der Waals surface area (Å²) in [5, 5.41) is 13.3. The van der Waals surface area contributed by atoms with Gasteiger partial charge in [0.25, 0.3) is 0 Å². The molecule has 9 nitrogen and oxygen atoms in total. The summed E-state index contributed by atoms with van der Waals surface area (Å²) in [6, 6.07) is -2.08. The van der Waals surface area contributed by atoms with Gasteiger partial charge in [0.15, 0.2) is 0 Å². The van der Waals surface area contributed by atoms with Crippen LogP contribution in [0.4, 0.5) is 4.79 Å². The van der Waals surface area contributed by atoms with Gasteiger partial charge in [-0.3, -0.25) is 9.59 Å². The lowest BCUT2D eigenvalue weighted by Gasteiger charge is -2.23. The van der Waals surface area contributed by atoms with Gasteiger partial charge in [-0.15, -0.1) is 0 Å². The van der Waals surface area contributed by atoms with E-state index < -0.39 is 41.6 Å². The van der Waals surface area contributed by atoms with Gasteiger partial charge in [-0.05, 0) is 34.1 Å². The fourth-order valence-corrected chi connectivity index (χ4v) is 1.51. The van der Waals surface area contributed by atoms with E-state index >= 15 is 0 Å². The van der Waals surface area contributed by atoms with Crippen LogP contribution in [0.2, 0.25) is 0 Å². The number of methoxy groups -OCH3 is 1. The minimum Gasteiger partial charge on any atom is -0.481 e. The molecule has 2 amide bonds. The summed E-state index contributed by atoms with van der Waals surface area (Å²) in [7, 11) is 1.13. The Kier molecular flexibility index (Phi) is 8.06. The molecule has 0 unspecified atom stereocenters. The average Bonchev–Trinajstić information content (AvgIpc) is 2.39. The van der Waals surface area contributed by atoms with Crippen LogP contribution in [0.25, 0.3) is 0 Å². The smallest absolute Gasteiger partial charge is 0.408 e. The molecule has 0 saturated heterocycles. The molecule has 23 heavy (non-hydrogen) atoms. The monoisotopic (exact) mass is 332 g/mol. The number of alkyl carbamates (subject to hydrolysis) is 1. The van der Waals surface area contributed by atoms with Gasteiger partial charge in [0.05, 0.1) is 7.11 Å². The first-order valence-corrected chi connectivity index (χ1v) is 7.05. The van der Waals surface area contributed by atoms with E-state index in [0.717, 1.165) is 7.11 Å². The van der Waals surface area contributed by atoms with Crippen LogP contribution in [0.15, 0.2) is 0 Å². The zero-order valence-electron chi connectivity index (χ0n) is 14.0. The molecule has 3 N–H and O–H groups in total. The van der Waals surface area contributed by atoms with Crippen molar-refractivity contribution in [1.82, 2.24) is 10.6 Å². The van der Waals surface area contributed by atoms with Gasteiger partial charge in [0.1, 0.15) is 17.7 Å². The summed E-state index contributed by atoms with van der Waals surface area (Å²) < 4.78 is 9.53. The van der Waals surface area contributed by atoms with Gasteiger partial charge in [0.2, 0.25) is 5.91 Å². The second kappa shape index (κ2) is 8.96. The summed E-state index contributed by atoms with van der Waals surface area (Å²) >= 11 is 0. The van der Waals surface area contributed by atoms with Crippen molar-refractivity contribution < 1.29 is 33.8 Å². The number of carboxylic acids is 1. The van der Waals surface area contributed by atoms with Crippen molar-refractivity contribution in [3.63, 3.8) is 0 Å². The number of aliphatic carboxylic acids is 1. The number of carboxylic acid groups (broad SMARTS) is 1. The molecule has 0 aliphatic heterocycles. The van der Waals surface area contributed by atoms with Gasteiger partial charge in [0, 0.05) is 6.42 Å². The summed E-state index contributed by atoms with van der Waals surface area (Å²) in [4.78, 5) is 45.7. The number of esters is 1. The van der Waals surface area contributed by atoms with Crippen molar-refractivity contribution >= 4 is 23.9 Å². The maximum Gasteiger partial charge on any atom is 0.408 e. The van der Waals surface area contributed by atoms with Crippen molar-refractivity contribution in [1.29, 1.82) is 0 Å². The third-order valence-electron chi connectivity index (χ3n) is 2.58. The summed E-state index contributed by atoms with van der Waals surface area (Å²) in [5.74, 6) is -2.52. The Morgan fingerprint density at radius 1 is 1.13 bits per heavy atom. The second-order valence-corrected chi connectivity index (χ2v) is 5.88. The molecular formula is C14H24N2O7. The Morgan fingerprint density at radius 2 is 1.70 bits per heavy atom. The number of hydrogen-bond acceptors (Lipinski definition) is 6. The second-order valence-electron chi connectivity index (χ2n) is 5.88. The third kappa shape index (κ3) is 9.33. The van der Waals surface area contributed by atoms with E-state index in [1.807, 2.05) is 0 Å². The Balaban J connectivity index is 4.62. The Bertz CT molecular complexity index is 457. The lowest BCUT2D eigenvalue weighted by molar-refractivity contribution is -0.146. The number of rotatable bonds is 7. The van der Waals surface area contributed by atoms with E-state index in [2.05, 4.69) is 15.4 Å². The number of nitrogens with one attached hydrogen (secondary N) is 2. The van der Waals surface area contributed by atoms with Crippen LogP contribution in [0.1, 0.15) is 40.5 Å². The first-order valence-electron chi connectivity index (χ1n) is 7.05. The highest BCUT2D eigenvalue weighted by molar-refractivity contribution is 5.89. The fourth-order valence-electron chi connectivity index (χ4n) is 1.51. The van der Waals surface area contributed by atoms with Crippen LogP contribution in [-0.2, 0) is 23.9 Å². The van der Waals surface area contributed by atoms with Gasteiger partial charge in [-0.2, -0.15) is 0 Å². The van der Waals surface area contributed by atoms with Crippen molar-refractivity contribution in [2.24, 2.45) is 0 Å². The molecule has 0 spiro atoms. The predicted molar refractivity (Wildman–Crippen MR) is 79.6 cm³/mol. The third-order valence-corrected chi connectivity index (χ3v) is 2.58. The van der Waals surface area contributed by atoms with Gasteiger partial charge < -0.3 is 25.2 Å². The number of carbonyl (C=O) groups excluding carboxylic acids is 3. The molecule has 0 saturated carbocycles. The van der Waals surface area contributed by atoms with Crippen LogP contribution < -0.4 is 10.6 Å². The molecular weight excluding hydrogens is 308 g/mol. The zero-order valence-corrected chi connectivity index (χ0v) is 14.0. The molecule has 0 heterocycles. The summed E-state index contributed by atoms with van der Waals surface area (Å²) in [5.41, 5.74) is -0.712. The maximum atomic E-state index is 12.0. The molecule has 0 aromatic heterocycles. The van der Waals surface area contributed by atoms with Crippen molar-refractivity contribution in [2.45, 2.75) is 58.2 Å². The molecule has 0 rings (SSSR count). The Morgan fingerprint density at radius 3 is 2.13 bits per heavy atom. The average molecular weight is 332 g/mol. The lowest BCUT2D eigenvalue weighted by atomic mass is 10.1.